The molecule has 2 atom stereocenters. The number of alkyl carbamates (subject to hydrolysis) is 1. The van der Waals surface area contributed by atoms with Crippen LogP contribution in [0, 0.1) is 5.92 Å². The van der Waals surface area contributed by atoms with Crippen LogP contribution in [0.25, 0.3) is 0 Å². The van der Waals surface area contributed by atoms with Gasteiger partial charge in [0.1, 0.15) is 11.2 Å². The predicted molar refractivity (Wildman–Crippen MR) is 94.0 cm³/mol. The largest absolute Gasteiger partial charge is 0.460 e. The SMILES string of the molecule is CC1CC(=O)N(C[C@H](CC(=O)OC(C)(C)C)NC(=O)OC(C)(C)C)C1. The fourth-order valence-electron chi connectivity index (χ4n) is 2.63. The van der Waals surface area contributed by atoms with Gasteiger partial charge in [0.15, 0.2) is 0 Å². The molecule has 144 valence electrons. The normalized spacial score (nSPS) is 19.6. The van der Waals surface area contributed by atoms with Crippen LogP contribution in [-0.2, 0) is 19.1 Å². The number of hydrogen-bond donors (Lipinski definition) is 1. The summed E-state index contributed by atoms with van der Waals surface area (Å²) >= 11 is 0. The average Bonchev–Trinajstić information content (AvgIpc) is 2.61. The highest BCUT2D eigenvalue weighted by Crippen LogP contribution is 2.18. The summed E-state index contributed by atoms with van der Waals surface area (Å²) in [7, 11) is 0. The van der Waals surface area contributed by atoms with Crippen molar-refractivity contribution in [2.75, 3.05) is 13.1 Å². The molecule has 1 unspecified atom stereocenters. The summed E-state index contributed by atoms with van der Waals surface area (Å²) < 4.78 is 10.6. The van der Waals surface area contributed by atoms with Crippen molar-refractivity contribution < 1.29 is 23.9 Å². The fourth-order valence-corrected chi connectivity index (χ4v) is 2.63. The van der Waals surface area contributed by atoms with E-state index < -0.39 is 29.3 Å². The summed E-state index contributed by atoms with van der Waals surface area (Å²) in [6.07, 6.45) is -0.138. The van der Waals surface area contributed by atoms with Crippen LogP contribution in [0.4, 0.5) is 4.79 Å². The molecule has 1 aliphatic heterocycles. The lowest BCUT2D eigenvalue weighted by atomic mass is 10.1. The molecule has 1 N–H and O–H groups in total. The predicted octanol–water partition coefficient (Wildman–Crippen LogP) is 2.48. The van der Waals surface area contributed by atoms with Crippen molar-refractivity contribution in [3.63, 3.8) is 0 Å². The lowest BCUT2D eigenvalue weighted by molar-refractivity contribution is -0.155. The van der Waals surface area contributed by atoms with Crippen LogP contribution >= 0.6 is 0 Å². The smallest absolute Gasteiger partial charge is 0.407 e. The zero-order valence-electron chi connectivity index (χ0n) is 16.5. The summed E-state index contributed by atoms with van der Waals surface area (Å²) in [6.45, 7) is 13.5. The van der Waals surface area contributed by atoms with Crippen LogP contribution in [0.2, 0.25) is 0 Å². The molecule has 1 rings (SSSR count). The van der Waals surface area contributed by atoms with Gasteiger partial charge in [-0.1, -0.05) is 6.92 Å². The number of amides is 2. The third-order valence-electron chi connectivity index (χ3n) is 3.40. The molecular weight excluding hydrogens is 324 g/mol. The standard InChI is InChI=1S/C18H32N2O5/c1-12-8-14(21)20(10-12)11-13(9-15(22)24-17(2,3)4)19-16(23)25-18(5,6)7/h12-13H,8-11H2,1-7H3,(H,19,23)/t12?,13-/m0/s1. The molecule has 0 spiro atoms. The second kappa shape index (κ2) is 8.06. The Bertz CT molecular complexity index is 475. The van der Waals surface area contributed by atoms with Gasteiger partial charge in [-0.15, -0.1) is 0 Å². The van der Waals surface area contributed by atoms with E-state index in [1.54, 1.807) is 46.4 Å². The Morgan fingerprint density at radius 1 is 1.16 bits per heavy atom. The molecule has 0 bridgehead atoms. The van der Waals surface area contributed by atoms with E-state index in [-0.39, 0.29) is 24.8 Å². The first-order valence-corrected chi connectivity index (χ1v) is 8.74. The lowest BCUT2D eigenvalue weighted by Gasteiger charge is -2.27. The number of nitrogens with one attached hydrogen (secondary N) is 1. The quantitative estimate of drug-likeness (QED) is 0.765. The number of hydrogen-bond acceptors (Lipinski definition) is 5. The Balaban J connectivity index is 2.74. The molecule has 1 saturated heterocycles. The molecule has 1 aliphatic rings. The molecule has 25 heavy (non-hydrogen) atoms. The van der Waals surface area contributed by atoms with Gasteiger partial charge >= 0.3 is 12.1 Å². The topological polar surface area (TPSA) is 84.9 Å². The van der Waals surface area contributed by atoms with E-state index in [9.17, 15) is 14.4 Å². The van der Waals surface area contributed by atoms with Crippen molar-refractivity contribution in [2.45, 2.75) is 78.6 Å². The van der Waals surface area contributed by atoms with Crippen LogP contribution in [0.3, 0.4) is 0 Å². The van der Waals surface area contributed by atoms with Gasteiger partial charge in [-0.25, -0.2) is 4.79 Å². The molecule has 1 fully saturated rings. The van der Waals surface area contributed by atoms with E-state index in [4.69, 9.17) is 9.47 Å². The minimum absolute atomic E-state index is 0.0192. The van der Waals surface area contributed by atoms with Crippen molar-refractivity contribution in [1.29, 1.82) is 0 Å². The van der Waals surface area contributed by atoms with Crippen molar-refractivity contribution in [3.8, 4) is 0 Å². The highest BCUT2D eigenvalue weighted by atomic mass is 16.6. The molecule has 1 heterocycles. The zero-order chi connectivity index (χ0) is 19.4. The van der Waals surface area contributed by atoms with Crippen molar-refractivity contribution in [3.05, 3.63) is 0 Å². The van der Waals surface area contributed by atoms with E-state index in [0.717, 1.165) is 0 Å². The van der Waals surface area contributed by atoms with Gasteiger partial charge < -0.3 is 19.7 Å². The van der Waals surface area contributed by atoms with Crippen LogP contribution < -0.4 is 5.32 Å². The third-order valence-corrected chi connectivity index (χ3v) is 3.40. The van der Waals surface area contributed by atoms with Gasteiger partial charge in [-0.05, 0) is 47.5 Å². The Labute approximate surface area is 150 Å². The first kappa shape index (κ1) is 21.3. The van der Waals surface area contributed by atoms with E-state index in [1.165, 1.54) is 0 Å². The number of esters is 1. The molecule has 7 heteroatoms. The lowest BCUT2D eigenvalue weighted by Crippen LogP contribution is -2.47. The highest BCUT2D eigenvalue weighted by molar-refractivity contribution is 5.79. The van der Waals surface area contributed by atoms with Gasteiger partial charge in [-0.2, -0.15) is 0 Å². The molecular formula is C18H32N2O5. The molecule has 0 aromatic carbocycles. The number of likely N-dealkylation sites (tertiary alicyclic amines) is 1. The van der Waals surface area contributed by atoms with Crippen LogP contribution in [0.5, 0.6) is 0 Å². The zero-order valence-corrected chi connectivity index (χ0v) is 16.5. The highest BCUT2D eigenvalue weighted by Gasteiger charge is 2.31. The van der Waals surface area contributed by atoms with Crippen molar-refractivity contribution in [1.82, 2.24) is 10.2 Å². The molecule has 0 aliphatic carbocycles. The van der Waals surface area contributed by atoms with Gasteiger partial charge in [0, 0.05) is 19.5 Å². The van der Waals surface area contributed by atoms with Gasteiger partial charge in [0.2, 0.25) is 5.91 Å². The number of rotatable bonds is 5. The first-order valence-electron chi connectivity index (χ1n) is 8.74. The van der Waals surface area contributed by atoms with Crippen LogP contribution in [0.1, 0.15) is 61.3 Å². The van der Waals surface area contributed by atoms with Crippen LogP contribution in [-0.4, -0.2) is 53.2 Å². The minimum atomic E-state index is -0.640. The maximum atomic E-state index is 12.1. The van der Waals surface area contributed by atoms with Crippen LogP contribution in [0.15, 0.2) is 0 Å². The second-order valence-electron chi connectivity index (χ2n) is 8.74. The molecule has 2 amide bonds. The molecule has 7 nitrogen and oxygen atoms in total. The van der Waals surface area contributed by atoms with Crippen molar-refractivity contribution in [2.24, 2.45) is 5.92 Å². The Morgan fingerprint density at radius 2 is 1.72 bits per heavy atom. The maximum Gasteiger partial charge on any atom is 0.407 e. The summed E-state index contributed by atoms with van der Waals surface area (Å²) in [5, 5.41) is 2.70. The van der Waals surface area contributed by atoms with E-state index in [2.05, 4.69) is 5.32 Å². The van der Waals surface area contributed by atoms with E-state index in [0.29, 0.717) is 13.0 Å². The monoisotopic (exact) mass is 356 g/mol. The van der Waals surface area contributed by atoms with Crippen molar-refractivity contribution >= 4 is 18.0 Å². The number of carbonyl (C=O) groups is 3. The Hall–Kier alpha value is -1.79. The van der Waals surface area contributed by atoms with E-state index in [1.807, 2.05) is 6.92 Å². The Morgan fingerprint density at radius 3 is 2.16 bits per heavy atom. The summed E-state index contributed by atoms with van der Waals surface area (Å²) in [5.41, 5.74) is -1.25. The van der Waals surface area contributed by atoms with Gasteiger partial charge in [0.05, 0.1) is 12.5 Å². The first-order chi connectivity index (χ1) is 11.2. The number of carbonyl (C=O) groups excluding carboxylic acids is 3. The summed E-state index contributed by atoms with van der Waals surface area (Å²) in [4.78, 5) is 37.9. The number of nitrogens with zero attached hydrogens (tertiary/aromatic N) is 1. The second-order valence-corrected chi connectivity index (χ2v) is 8.74. The van der Waals surface area contributed by atoms with Gasteiger partial charge in [0.25, 0.3) is 0 Å². The van der Waals surface area contributed by atoms with E-state index >= 15 is 0 Å². The summed E-state index contributed by atoms with van der Waals surface area (Å²) in [5.74, 6) is -0.114. The van der Waals surface area contributed by atoms with Gasteiger partial charge in [-0.3, -0.25) is 9.59 Å². The summed E-state index contributed by atoms with van der Waals surface area (Å²) in [6, 6.07) is -0.557. The maximum absolute atomic E-state index is 12.1. The molecule has 0 aromatic rings. The number of ether oxygens (including phenoxy) is 2. The molecule has 0 aromatic heterocycles. The average molecular weight is 356 g/mol. The Kier molecular flexibility index (Phi) is 6.85. The molecule has 0 radical (unpaired) electrons. The fraction of sp³-hybridized carbons (Fsp3) is 0.833. The minimum Gasteiger partial charge on any atom is -0.460 e. The molecule has 0 saturated carbocycles. The third kappa shape index (κ3) is 8.74.